The Labute approximate surface area is 158 Å². The number of hydrazine groups is 1. The highest BCUT2D eigenvalue weighted by Crippen LogP contribution is 2.32. The molecule has 0 saturated heterocycles. The molecular formula is C17H14F3N3O4S. The Morgan fingerprint density at radius 1 is 1.07 bits per heavy atom. The molecule has 0 saturated carbocycles. The van der Waals surface area contributed by atoms with Gasteiger partial charge in [-0.2, -0.15) is 0 Å². The predicted molar refractivity (Wildman–Crippen MR) is 92.3 cm³/mol. The normalized spacial score (nSPS) is 14.9. The molecule has 2 aromatic rings. The van der Waals surface area contributed by atoms with Crippen LogP contribution in [0, 0.1) is 17.5 Å². The number of carbonyl (C=O) groups excluding carboxylic acids is 2. The van der Waals surface area contributed by atoms with Gasteiger partial charge in [-0.3, -0.25) is 20.4 Å². The SMILES string of the molecule is CC(C)N1C(=O)c2ccc(C(=O)NNc3ccc(F)c(F)c3F)cc2S1(=O)=O. The largest absolute Gasteiger partial charge is 0.295 e. The lowest BCUT2D eigenvalue weighted by Gasteiger charge is -2.18. The molecule has 0 unspecified atom stereocenters. The van der Waals surface area contributed by atoms with Crippen molar-refractivity contribution in [3.8, 4) is 0 Å². The fourth-order valence-corrected chi connectivity index (χ4v) is 4.51. The van der Waals surface area contributed by atoms with Crippen molar-refractivity contribution in [2.45, 2.75) is 24.8 Å². The number of hydrogen-bond donors (Lipinski definition) is 2. The van der Waals surface area contributed by atoms with E-state index in [1.807, 2.05) is 0 Å². The molecule has 2 amide bonds. The summed E-state index contributed by atoms with van der Waals surface area (Å²) in [6.45, 7) is 3.07. The summed E-state index contributed by atoms with van der Waals surface area (Å²) in [5.74, 6) is -6.21. The lowest BCUT2D eigenvalue weighted by atomic mass is 10.1. The summed E-state index contributed by atoms with van der Waals surface area (Å²) in [4.78, 5) is 24.2. The average Bonchev–Trinajstić information content (AvgIpc) is 2.84. The lowest BCUT2D eigenvalue weighted by Crippen LogP contribution is -2.36. The topological polar surface area (TPSA) is 95.6 Å². The number of sulfonamides is 1. The number of amides is 2. The number of fused-ring (bicyclic) bond motifs is 1. The van der Waals surface area contributed by atoms with Crippen LogP contribution in [-0.2, 0) is 10.0 Å². The number of carbonyl (C=O) groups is 2. The van der Waals surface area contributed by atoms with E-state index >= 15 is 0 Å². The van der Waals surface area contributed by atoms with Gasteiger partial charge in [0.15, 0.2) is 17.5 Å². The van der Waals surface area contributed by atoms with Gasteiger partial charge in [0.25, 0.3) is 21.8 Å². The Kier molecular flexibility index (Phi) is 4.79. The Bertz CT molecular complexity index is 1100. The third kappa shape index (κ3) is 3.07. The molecule has 7 nitrogen and oxygen atoms in total. The number of anilines is 1. The van der Waals surface area contributed by atoms with E-state index in [2.05, 4.69) is 10.9 Å². The molecule has 0 atom stereocenters. The molecule has 0 aromatic heterocycles. The fraction of sp³-hybridized carbons (Fsp3) is 0.176. The summed E-state index contributed by atoms with van der Waals surface area (Å²) in [5, 5.41) is 0. The zero-order valence-corrected chi connectivity index (χ0v) is 15.4. The zero-order valence-electron chi connectivity index (χ0n) is 14.6. The van der Waals surface area contributed by atoms with Crippen molar-refractivity contribution >= 4 is 27.5 Å². The van der Waals surface area contributed by atoms with Gasteiger partial charge in [0, 0.05) is 11.6 Å². The average molecular weight is 413 g/mol. The minimum Gasteiger partial charge on any atom is -0.295 e. The van der Waals surface area contributed by atoms with Crippen molar-refractivity contribution in [3.05, 3.63) is 58.9 Å². The predicted octanol–water partition coefficient (Wildman–Crippen LogP) is 2.41. The molecule has 0 radical (unpaired) electrons. The second-order valence-corrected chi connectivity index (χ2v) is 8.00. The third-order valence-electron chi connectivity index (χ3n) is 4.03. The van der Waals surface area contributed by atoms with Crippen LogP contribution in [0.2, 0.25) is 0 Å². The molecule has 0 spiro atoms. The molecule has 11 heteroatoms. The van der Waals surface area contributed by atoms with Crippen molar-refractivity contribution in [1.82, 2.24) is 9.73 Å². The van der Waals surface area contributed by atoms with Gasteiger partial charge in [0.1, 0.15) is 4.90 Å². The summed E-state index contributed by atoms with van der Waals surface area (Å²) in [6.07, 6.45) is 0. The van der Waals surface area contributed by atoms with E-state index < -0.39 is 51.0 Å². The lowest BCUT2D eigenvalue weighted by molar-refractivity contribution is 0.0845. The summed E-state index contributed by atoms with van der Waals surface area (Å²) >= 11 is 0. The van der Waals surface area contributed by atoms with Crippen LogP contribution < -0.4 is 10.9 Å². The summed E-state index contributed by atoms with van der Waals surface area (Å²) in [7, 11) is -4.10. The van der Waals surface area contributed by atoms with Crippen LogP contribution in [0.3, 0.4) is 0 Å². The smallest absolute Gasteiger partial charge is 0.269 e. The Balaban J connectivity index is 1.85. The van der Waals surface area contributed by atoms with E-state index in [1.165, 1.54) is 26.0 Å². The van der Waals surface area contributed by atoms with Gasteiger partial charge in [0.05, 0.1) is 11.3 Å². The molecular weight excluding hydrogens is 399 g/mol. The van der Waals surface area contributed by atoms with Crippen molar-refractivity contribution < 1.29 is 31.2 Å². The monoisotopic (exact) mass is 413 g/mol. The van der Waals surface area contributed by atoms with E-state index in [4.69, 9.17) is 0 Å². The third-order valence-corrected chi connectivity index (χ3v) is 6.03. The maximum Gasteiger partial charge on any atom is 0.269 e. The summed E-state index contributed by atoms with van der Waals surface area (Å²) < 4.78 is 65.5. The first-order chi connectivity index (χ1) is 13.1. The summed E-state index contributed by atoms with van der Waals surface area (Å²) in [5.41, 5.74) is 3.42. The highest BCUT2D eigenvalue weighted by molar-refractivity contribution is 7.90. The van der Waals surface area contributed by atoms with Crippen LogP contribution in [0.5, 0.6) is 0 Å². The van der Waals surface area contributed by atoms with Gasteiger partial charge in [0.2, 0.25) is 0 Å². The molecule has 0 aliphatic carbocycles. The number of nitrogens with zero attached hydrogens (tertiary/aromatic N) is 1. The molecule has 2 N–H and O–H groups in total. The quantitative estimate of drug-likeness (QED) is 0.593. The molecule has 0 fully saturated rings. The number of benzene rings is 2. The fourth-order valence-electron chi connectivity index (χ4n) is 2.72. The molecule has 148 valence electrons. The first-order valence-corrected chi connectivity index (χ1v) is 9.42. The minimum absolute atomic E-state index is 0.0649. The molecule has 0 bridgehead atoms. The van der Waals surface area contributed by atoms with Crippen LogP contribution in [0.1, 0.15) is 34.6 Å². The maximum atomic E-state index is 13.6. The molecule has 2 aromatic carbocycles. The Hall–Kier alpha value is -3.08. The molecule has 1 heterocycles. The van der Waals surface area contributed by atoms with E-state index in [0.29, 0.717) is 10.4 Å². The molecule has 3 rings (SSSR count). The van der Waals surface area contributed by atoms with E-state index in [9.17, 15) is 31.2 Å². The number of halogens is 3. The highest BCUT2D eigenvalue weighted by atomic mass is 32.2. The van der Waals surface area contributed by atoms with Crippen molar-refractivity contribution in [3.63, 3.8) is 0 Å². The van der Waals surface area contributed by atoms with Gasteiger partial charge in [-0.15, -0.1) is 0 Å². The van der Waals surface area contributed by atoms with Gasteiger partial charge in [-0.05, 0) is 44.2 Å². The van der Waals surface area contributed by atoms with Crippen LogP contribution in [0.4, 0.5) is 18.9 Å². The Morgan fingerprint density at radius 3 is 2.39 bits per heavy atom. The van der Waals surface area contributed by atoms with Crippen molar-refractivity contribution in [2.75, 3.05) is 5.43 Å². The van der Waals surface area contributed by atoms with E-state index in [-0.39, 0.29) is 16.0 Å². The summed E-state index contributed by atoms with van der Waals surface area (Å²) in [6, 6.07) is 4.37. The van der Waals surface area contributed by atoms with E-state index in [1.54, 1.807) is 0 Å². The standard InChI is InChI=1S/C17H14F3N3O4S/c1-8(2)23-17(25)10-4-3-9(7-13(10)28(23,26)27)16(24)22-21-12-6-5-11(18)14(19)15(12)20/h3-8,21H,1-2H3,(H,22,24). The molecule has 1 aliphatic heterocycles. The van der Waals surface area contributed by atoms with Crippen LogP contribution in [0.15, 0.2) is 35.2 Å². The molecule has 1 aliphatic rings. The zero-order chi connectivity index (χ0) is 20.8. The van der Waals surface area contributed by atoms with Crippen LogP contribution in [0.25, 0.3) is 0 Å². The van der Waals surface area contributed by atoms with Gasteiger partial charge < -0.3 is 0 Å². The highest BCUT2D eigenvalue weighted by Gasteiger charge is 2.42. The molecule has 28 heavy (non-hydrogen) atoms. The van der Waals surface area contributed by atoms with Crippen molar-refractivity contribution in [2.24, 2.45) is 0 Å². The van der Waals surface area contributed by atoms with Gasteiger partial charge in [-0.1, -0.05) is 0 Å². The van der Waals surface area contributed by atoms with E-state index in [0.717, 1.165) is 12.1 Å². The maximum absolute atomic E-state index is 13.6. The number of nitrogens with one attached hydrogen (secondary N) is 2. The van der Waals surface area contributed by atoms with Crippen molar-refractivity contribution in [1.29, 1.82) is 0 Å². The van der Waals surface area contributed by atoms with Gasteiger partial charge in [-0.25, -0.2) is 25.9 Å². The number of rotatable bonds is 4. The second kappa shape index (κ2) is 6.82. The second-order valence-electron chi connectivity index (χ2n) is 6.21. The first-order valence-electron chi connectivity index (χ1n) is 7.98. The van der Waals surface area contributed by atoms with Crippen LogP contribution >= 0.6 is 0 Å². The van der Waals surface area contributed by atoms with Crippen LogP contribution in [-0.4, -0.2) is 30.6 Å². The number of hydrogen-bond acceptors (Lipinski definition) is 5. The minimum atomic E-state index is -4.10. The first kappa shape index (κ1) is 19.7. The van der Waals surface area contributed by atoms with Gasteiger partial charge >= 0.3 is 0 Å². The Morgan fingerprint density at radius 2 is 1.75 bits per heavy atom.